The third-order valence-electron chi connectivity index (χ3n) is 1.93. The maximum atomic E-state index is 11.1. The van der Waals surface area contributed by atoms with Crippen LogP contribution in [0.4, 0.5) is 0 Å². The van der Waals surface area contributed by atoms with Crippen molar-refractivity contribution < 1.29 is 4.79 Å². The van der Waals surface area contributed by atoms with Gasteiger partial charge in [-0.1, -0.05) is 6.92 Å². The lowest BCUT2D eigenvalue weighted by molar-refractivity contribution is 0.100. The Morgan fingerprint density at radius 2 is 2.25 bits per heavy atom. The fourth-order valence-electron chi connectivity index (χ4n) is 1.33. The lowest BCUT2D eigenvalue weighted by atomic mass is 10.3. The molecule has 0 saturated heterocycles. The molecule has 0 amide bonds. The average molecular weight is 166 g/mol. The van der Waals surface area contributed by atoms with Gasteiger partial charge in [-0.05, 0) is 6.92 Å². The first-order valence-electron chi connectivity index (χ1n) is 4.26. The molecule has 0 N–H and O–H groups in total. The number of aromatic nitrogens is 2. The van der Waals surface area contributed by atoms with Gasteiger partial charge in [0.1, 0.15) is 11.5 Å². The summed E-state index contributed by atoms with van der Waals surface area (Å²) in [6.07, 6.45) is 2.53. The number of carbonyl (C=O) groups is 1. The summed E-state index contributed by atoms with van der Waals surface area (Å²) in [5, 5.41) is 0. The lowest BCUT2D eigenvalue weighted by Crippen LogP contribution is -2.07. The molecule has 0 atom stereocenters. The molecule has 3 heteroatoms. The topological polar surface area (TPSA) is 34.9 Å². The Labute approximate surface area is 72.4 Å². The fraction of sp³-hybridized carbons (Fsp3) is 0.556. The van der Waals surface area contributed by atoms with E-state index in [1.165, 1.54) is 0 Å². The van der Waals surface area contributed by atoms with Crippen LogP contribution < -0.4 is 0 Å². The van der Waals surface area contributed by atoms with Crippen LogP contribution in [0, 0.1) is 0 Å². The van der Waals surface area contributed by atoms with E-state index in [-0.39, 0.29) is 5.78 Å². The van der Waals surface area contributed by atoms with E-state index in [1.807, 2.05) is 18.4 Å². The number of imidazole rings is 1. The molecule has 12 heavy (non-hydrogen) atoms. The van der Waals surface area contributed by atoms with Crippen molar-refractivity contribution in [1.82, 2.24) is 9.55 Å². The summed E-state index contributed by atoms with van der Waals surface area (Å²) >= 11 is 0. The number of ketones is 1. The van der Waals surface area contributed by atoms with Gasteiger partial charge in [0.05, 0.1) is 6.20 Å². The van der Waals surface area contributed by atoms with Gasteiger partial charge in [0, 0.05) is 19.9 Å². The number of hydrogen-bond acceptors (Lipinski definition) is 2. The Bertz CT molecular complexity index is 289. The molecule has 0 bridgehead atoms. The van der Waals surface area contributed by atoms with Crippen LogP contribution in [0.5, 0.6) is 0 Å². The molecule has 3 nitrogen and oxygen atoms in total. The molecule has 0 saturated carbocycles. The summed E-state index contributed by atoms with van der Waals surface area (Å²) in [7, 11) is 0. The van der Waals surface area contributed by atoms with Crippen LogP contribution in [0.15, 0.2) is 6.20 Å². The molecule has 0 spiro atoms. The average Bonchev–Trinajstić information content (AvgIpc) is 2.46. The van der Waals surface area contributed by atoms with Crippen molar-refractivity contribution in [3.8, 4) is 0 Å². The van der Waals surface area contributed by atoms with Gasteiger partial charge in [0.2, 0.25) is 0 Å². The number of carbonyl (C=O) groups excluding carboxylic acids is 1. The zero-order valence-electron chi connectivity index (χ0n) is 7.79. The molecule has 0 fully saturated rings. The molecule has 1 heterocycles. The summed E-state index contributed by atoms with van der Waals surface area (Å²) in [6.45, 7) is 6.45. The molecular weight excluding hydrogens is 152 g/mol. The van der Waals surface area contributed by atoms with E-state index in [0.29, 0.717) is 5.69 Å². The van der Waals surface area contributed by atoms with Crippen LogP contribution >= 0.6 is 0 Å². The minimum Gasteiger partial charge on any atom is -0.326 e. The molecule has 0 aliphatic heterocycles. The van der Waals surface area contributed by atoms with Gasteiger partial charge in [-0.2, -0.15) is 0 Å². The van der Waals surface area contributed by atoms with E-state index in [2.05, 4.69) is 4.98 Å². The molecule has 1 aromatic heterocycles. The SMILES string of the molecule is CCc1ncc(C(C)=O)n1CC. The van der Waals surface area contributed by atoms with Crippen molar-refractivity contribution in [3.05, 3.63) is 17.7 Å². The van der Waals surface area contributed by atoms with E-state index in [4.69, 9.17) is 0 Å². The van der Waals surface area contributed by atoms with Crippen molar-refractivity contribution in [2.24, 2.45) is 0 Å². The highest BCUT2D eigenvalue weighted by atomic mass is 16.1. The minimum absolute atomic E-state index is 0.0871. The Hall–Kier alpha value is -1.12. The Kier molecular flexibility index (Phi) is 2.63. The van der Waals surface area contributed by atoms with Gasteiger partial charge in [0.15, 0.2) is 5.78 Å². The quantitative estimate of drug-likeness (QED) is 0.640. The summed E-state index contributed by atoms with van der Waals surface area (Å²) in [5.74, 6) is 1.08. The van der Waals surface area contributed by atoms with Crippen LogP contribution in [-0.4, -0.2) is 15.3 Å². The van der Waals surface area contributed by atoms with Crippen LogP contribution in [0.3, 0.4) is 0 Å². The fourth-order valence-corrected chi connectivity index (χ4v) is 1.33. The largest absolute Gasteiger partial charge is 0.326 e. The standard InChI is InChI=1S/C9H14N2O/c1-4-9-10-6-8(7(3)12)11(9)5-2/h6H,4-5H2,1-3H3. The molecule has 1 aromatic rings. The third kappa shape index (κ3) is 1.40. The van der Waals surface area contributed by atoms with Gasteiger partial charge in [-0.15, -0.1) is 0 Å². The van der Waals surface area contributed by atoms with Gasteiger partial charge >= 0.3 is 0 Å². The van der Waals surface area contributed by atoms with E-state index < -0.39 is 0 Å². The lowest BCUT2D eigenvalue weighted by Gasteiger charge is -2.04. The highest BCUT2D eigenvalue weighted by molar-refractivity contribution is 5.92. The molecule has 0 aliphatic rings. The van der Waals surface area contributed by atoms with Crippen molar-refractivity contribution >= 4 is 5.78 Å². The number of rotatable bonds is 3. The van der Waals surface area contributed by atoms with E-state index >= 15 is 0 Å². The van der Waals surface area contributed by atoms with Crippen molar-refractivity contribution in [3.63, 3.8) is 0 Å². The highest BCUT2D eigenvalue weighted by Crippen LogP contribution is 2.06. The Balaban J connectivity index is 3.13. The number of nitrogens with zero attached hydrogens (tertiary/aromatic N) is 2. The molecule has 0 unspecified atom stereocenters. The van der Waals surface area contributed by atoms with E-state index in [9.17, 15) is 4.79 Å². The molecular formula is C9H14N2O. The van der Waals surface area contributed by atoms with Crippen LogP contribution in [0.25, 0.3) is 0 Å². The molecule has 0 radical (unpaired) electrons. The molecule has 0 aromatic carbocycles. The Morgan fingerprint density at radius 3 is 2.67 bits per heavy atom. The number of hydrogen-bond donors (Lipinski definition) is 0. The van der Waals surface area contributed by atoms with Crippen molar-refractivity contribution in [2.75, 3.05) is 0 Å². The van der Waals surface area contributed by atoms with Crippen molar-refractivity contribution in [1.29, 1.82) is 0 Å². The number of Topliss-reactive ketones (excluding diaryl/α,β-unsaturated/α-hetero) is 1. The highest BCUT2D eigenvalue weighted by Gasteiger charge is 2.09. The first kappa shape index (κ1) is 8.97. The van der Waals surface area contributed by atoms with Crippen LogP contribution in [0.2, 0.25) is 0 Å². The molecule has 1 rings (SSSR count). The zero-order chi connectivity index (χ0) is 9.14. The predicted molar refractivity (Wildman–Crippen MR) is 47.3 cm³/mol. The summed E-state index contributed by atoms with van der Waals surface area (Å²) in [5.41, 5.74) is 0.717. The van der Waals surface area contributed by atoms with Gasteiger partial charge in [-0.25, -0.2) is 4.98 Å². The van der Waals surface area contributed by atoms with Gasteiger partial charge in [-0.3, -0.25) is 4.79 Å². The van der Waals surface area contributed by atoms with Crippen LogP contribution in [-0.2, 0) is 13.0 Å². The summed E-state index contributed by atoms with van der Waals surface area (Å²) < 4.78 is 1.96. The molecule has 0 aliphatic carbocycles. The smallest absolute Gasteiger partial charge is 0.177 e. The maximum absolute atomic E-state index is 11.1. The summed E-state index contributed by atoms with van der Waals surface area (Å²) in [6, 6.07) is 0. The summed E-state index contributed by atoms with van der Waals surface area (Å²) in [4.78, 5) is 15.3. The first-order valence-corrected chi connectivity index (χ1v) is 4.26. The molecule has 66 valence electrons. The zero-order valence-corrected chi connectivity index (χ0v) is 7.79. The second kappa shape index (κ2) is 3.52. The van der Waals surface area contributed by atoms with Crippen molar-refractivity contribution in [2.45, 2.75) is 33.7 Å². The Morgan fingerprint density at radius 1 is 1.58 bits per heavy atom. The predicted octanol–water partition coefficient (Wildman–Crippen LogP) is 1.67. The maximum Gasteiger partial charge on any atom is 0.177 e. The van der Waals surface area contributed by atoms with Gasteiger partial charge < -0.3 is 4.57 Å². The monoisotopic (exact) mass is 166 g/mol. The third-order valence-corrected chi connectivity index (χ3v) is 1.93. The normalized spacial score (nSPS) is 10.2. The number of aryl methyl sites for hydroxylation is 1. The van der Waals surface area contributed by atoms with Gasteiger partial charge in [0.25, 0.3) is 0 Å². The first-order chi connectivity index (χ1) is 5.70. The van der Waals surface area contributed by atoms with E-state index in [1.54, 1.807) is 13.1 Å². The second-order valence-electron chi connectivity index (χ2n) is 2.71. The minimum atomic E-state index is 0.0871. The van der Waals surface area contributed by atoms with E-state index in [0.717, 1.165) is 18.8 Å². The van der Waals surface area contributed by atoms with Crippen LogP contribution in [0.1, 0.15) is 37.1 Å². The second-order valence-corrected chi connectivity index (χ2v) is 2.71.